The molecule has 0 unspecified atom stereocenters. The number of anilines is 2. The Labute approximate surface area is 265 Å². The van der Waals surface area contributed by atoms with Crippen LogP contribution in [0.5, 0.6) is 5.75 Å². The Morgan fingerprint density at radius 2 is 1.70 bits per heavy atom. The van der Waals surface area contributed by atoms with E-state index in [2.05, 4.69) is 25.3 Å². The van der Waals surface area contributed by atoms with E-state index in [1.807, 2.05) is 11.8 Å². The minimum absolute atomic E-state index is 0.00731. The number of benzene rings is 1. The zero-order valence-corrected chi connectivity index (χ0v) is 26.1. The van der Waals surface area contributed by atoms with E-state index in [1.54, 1.807) is 25.3 Å². The molecule has 0 atom stereocenters. The third-order valence-electron chi connectivity index (χ3n) is 7.87. The zero-order valence-electron chi connectivity index (χ0n) is 25.4. The third-order valence-corrected chi connectivity index (χ3v) is 8.18. The Morgan fingerprint density at radius 3 is 2.33 bits per heavy atom. The number of aryl methyl sites for hydroxylation is 3. The smallest absolute Gasteiger partial charge is 0.416 e. The maximum Gasteiger partial charge on any atom is 0.416 e. The van der Waals surface area contributed by atoms with Crippen molar-refractivity contribution in [3.8, 4) is 5.75 Å². The highest BCUT2D eigenvalue weighted by Crippen LogP contribution is 2.34. The Hall–Kier alpha value is -4.79. The lowest BCUT2D eigenvalue weighted by Gasteiger charge is -2.37. The van der Waals surface area contributed by atoms with Gasteiger partial charge in [-0.25, -0.2) is 19.9 Å². The summed E-state index contributed by atoms with van der Waals surface area (Å²) in [6, 6.07) is 2.63. The first-order chi connectivity index (χ1) is 21.7. The van der Waals surface area contributed by atoms with Crippen LogP contribution in [0.1, 0.15) is 45.8 Å². The molecule has 0 saturated carbocycles. The molecule has 12 nitrogen and oxygen atoms in total. The molecule has 5 rings (SSSR count). The highest BCUT2D eigenvalue weighted by atomic mass is 35.5. The molecule has 242 valence electrons. The first-order valence-electron chi connectivity index (χ1n) is 14.3. The fourth-order valence-electron chi connectivity index (χ4n) is 5.32. The van der Waals surface area contributed by atoms with Crippen LogP contribution >= 0.6 is 11.6 Å². The average Bonchev–Trinajstić information content (AvgIpc) is 3.01. The summed E-state index contributed by atoms with van der Waals surface area (Å²) in [6.45, 7) is 7.43. The Balaban J connectivity index is 1.48. The Morgan fingerprint density at radius 1 is 1.02 bits per heavy atom. The molecule has 0 radical (unpaired) electrons. The van der Waals surface area contributed by atoms with Crippen LogP contribution in [0.4, 0.5) is 24.5 Å². The second kappa shape index (κ2) is 12.5. The van der Waals surface area contributed by atoms with Gasteiger partial charge in [-0.05, 0) is 45.4 Å². The van der Waals surface area contributed by atoms with Crippen LogP contribution in [-0.2, 0) is 23.9 Å². The number of aromatic hydroxyl groups is 1. The molecule has 46 heavy (non-hydrogen) atoms. The third kappa shape index (κ3) is 6.18. The van der Waals surface area contributed by atoms with Gasteiger partial charge in [0.05, 0.1) is 33.4 Å². The van der Waals surface area contributed by atoms with Crippen molar-refractivity contribution in [1.82, 2.24) is 29.4 Å². The quantitative estimate of drug-likeness (QED) is 0.313. The second-order valence-corrected chi connectivity index (χ2v) is 11.2. The van der Waals surface area contributed by atoms with Gasteiger partial charge in [-0.15, -0.1) is 0 Å². The highest BCUT2D eigenvalue weighted by molar-refractivity contribution is 6.33. The molecule has 1 fully saturated rings. The van der Waals surface area contributed by atoms with Gasteiger partial charge in [-0.3, -0.25) is 14.4 Å². The van der Waals surface area contributed by atoms with E-state index in [1.165, 1.54) is 11.2 Å². The minimum atomic E-state index is -4.60. The summed E-state index contributed by atoms with van der Waals surface area (Å²) in [5.74, 6) is -1.37. The van der Waals surface area contributed by atoms with Gasteiger partial charge in [-0.2, -0.15) is 13.2 Å². The fourth-order valence-corrected chi connectivity index (χ4v) is 5.55. The Bertz CT molecular complexity index is 1920. The van der Waals surface area contributed by atoms with Crippen molar-refractivity contribution >= 4 is 46.0 Å². The fraction of sp³-hybridized carbons (Fsp3) is 0.367. The highest BCUT2D eigenvalue weighted by Gasteiger charge is 2.32. The maximum atomic E-state index is 14.0. The lowest BCUT2D eigenvalue weighted by atomic mass is 10.1. The van der Waals surface area contributed by atoms with Crippen LogP contribution in [-0.4, -0.2) is 72.5 Å². The lowest BCUT2D eigenvalue weighted by Crippen LogP contribution is -2.50. The van der Waals surface area contributed by atoms with E-state index in [-0.39, 0.29) is 77.2 Å². The molecule has 4 heterocycles. The van der Waals surface area contributed by atoms with E-state index >= 15 is 0 Å². The number of pyridine rings is 1. The monoisotopic (exact) mass is 658 g/mol. The first kappa shape index (κ1) is 32.6. The molecule has 4 aromatic rings. The van der Waals surface area contributed by atoms with E-state index in [0.29, 0.717) is 29.2 Å². The number of hydrogen-bond acceptors (Lipinski definition) is 9. The van der Waals surface area contributed by atoms with Gasteiger partial charge in [0, 0.05) is 31.9 Å². The summed E-state index contributed by atoms with van der Waals surface area (Å²) in [4.78, 5) is 60.7. The number of piperazine rings is 1. The van der Waals surface area contributed by atoms with Gasteiger partial charge in [0.25, 0.3) is 5.91 Å². The lowest BCUT2D eigenvalue weighted by molar-refractivity contribution is -0.137. The first-order valence-corrected chi connectivity index (χ1v) is 14.7. The summed E-state index contributed by atoms with van der Waals surface area (Å²) in [7, 11) is 0. The minimum Gasteiger partial charge on any atom is -0.504 e. The largest absolute Gasteiger partial charge is 0.504 e. The van der Waals surface area contributed by atoms with Crippen LogP contribution in [0.2, 0.25) is 5.02 Å². The van der Waals surface area contributed by atoms with Crippen molar-refractivity contribution in [2.75, 3.05) is 36.4 Å². The van der Waals surface area contributed by atoms with Gasteiger partial charge in [-0.1, -0.05) is 18.5 Å². The molecule has 0 bridgehead atoms. The molecule has 1 saturated heterocycles. The molecule has 1 aliphatic heterocycles. The van der Waals surface area contributed by atoms with Crippen molar-refractivity contribution in [2.24, 2.45) is 0 Å². The molecule has 3 aromatic heterocycles. The zero-order chi connectivity index (χ0) is 33.5. The summed E-state index contributed by atoms with van der Waals surface area (Å²) < 4.78 is 40.9. The second-order valence-electron chi connectivity index (χ2n) is 10.8. The number of amides is 2. The summed E-state index contributed by atoms with van der Waals surface area (Å²) in [6.07, 6.45) is -3.08. The normalized spacial score (nSPS) is 13.7. The molecule has 2 amide bonds. The van der Waals surface area contributed by atoms with E-state index in [0.717, 1.165) is 18.2 Å². The van der Waals surface area contributed by atoms with E-state index < -0.39 is 23.6 Å². The summed E-state index contributed by atoms with van der Waals surface area (Å²) in [5.41, 5.74) is 0.947. The van der Waals surface area contributed by atoms with Crippen molar-refractivity contribution in [2.45, 2.75) is 46.8 Å². The predicted octanol–water partition coefficient (Wildman–Crippen LogP) is 4.05. The van der Waals surface area contributed by atoms with Crippen LogP contribution in [0.3, 0.4) is 0 Å². The van der Waals surface area contributed by atoms with Crippen LogP contribution in [0.15, 0.2) is 29.3 Å². The molecule has 0 aliphatic carbocycles. The molecular weight excluding hydrogens is 629 g/mol. The SMILES string of the molecule is CCc1c(N2CCN(C(=O)c3ncnc(C)c3O)CC2)c(=O)c2nc(C)c(C)nc2n1CC(=O)Nc1ccc(C(F)(F)F)cc1Cl. The number of nitrogens with one attached hydrogen (secondary N) is 1. The molecular formula is C30H30ClF3N8O4. The number of carbonyl (C=O) groups excluding carboxylic acids is 2. The average molecular weight is 659 g/mol. The number of rotatable bonds is 6. The number of hydrogen-bond donors (Lipinski definition) is 2. The number of nitrogens with zero attached hydrogens (tertiary/aromatic N) is 7. The molecule has 0 spiro atoms. The van der Waals surface area contributed by atoms with Crippen LogP contribution in [0, 0.1) is 20.8 Å². The number of carbonyl (C=O) groups is 2. The molecule has 2 N–H and O–H groups in total. The molecule has 16 heteroatoms. The van der Waals surface area contributed by atoms with Crippen LogP contribution < -0.4 is 15.6 Å². The van der Waals surface area contributed by atoms with Crippen molar-refractivity contribution in [1.29, 1.82) is 0 Å². The van der Waals surface area contributed by atoms with Crippen LogP contribution in [0.25, 0.3) is 11.2 Å². The Kier molecular flexibility index (Phi) is 8.89. The number of halogens is 4. The summed E-state index contributed by atoms with van der Waals surface area (Å²) >= 11 is 6.07. The van der Waals surface area contributed by atoms with Crippen molar-refractivity contribution < 1.29 is 27.9 Å². The van der Waals surface area contributed by atoms with E-state index in [4.69, 9.17) is 11.6 Å². The molecule has 1 aliphatic rings. The number of alkyl halides is 3. The number of fused-ring (bicyclic) bond motifs is 1. The standard InChI is InChI=1S/C30H30ClF3N8O4/c1-5-21-25(40-8-10-41(11-9-40)29(46)24-26(44)17(4)35-14-36-24)27(45)23-28(38-16(3)15(2)37-23)42(21)13-22(43)39-20-7-6-18(12-19(20)31)30(32,33)34/h6-7,12,14,44H,5,8-11,13H2,1-4H3,(H,39,43). The van der Waals surface area contributed by atoms with Gasteiger partial charge >= 0.3 is 6.18 Å². The predicted molar refractivity (Wildman–Crippen MR) is 164 cm³/mol. The maximum absolute atomic E-state index is 14.0. The topological polar surface area (TPSA) is 146 Å². The molecule has 1 aromatic carbocycles. The van der Waals surface area contributed by atoms with Gasteiger partial charge in [0.15, 0.2) is 22.6 Å². The number of aromatic nitrogens is 5. The van der Waals surface area contributed by atoms with Gasteiger partial charge in [0.2, 0.25) is 11.3 Å². The van der Waals surface area contributed by atoms with Gasteiger partial charge in [0.1, 0.15) is 18.6 Å². The van der Waals surface area contributed by atoms with Crippen molar-refractivity contribution in [3.63, 3.8) is 0 Å². The van der Waals surface area contributed by atoms with Crippen molar-refractivity contribution in [3.05, 3.63) is 73.8 Å². The van der Waals surface area contributed by atoms with Gasteiger partial charge < -0.3 is 24.8 Å². The van der Waals surface area contributed by atoms with E-state index in [9.17, 15) is 32.7 Å². The summed E-state index contributed by atoms with van der Waals surface area (Å²) in [5, 5.41) is 12.6.